The van der Waals surface area contributed by atoms with Gasteiger partial charge in [-0.3, -0.25) is 9.59 Å². The molecule has 0 radical (unpaired) electrons. The second-order valence-corrected chi connectivity index (χ2v) is 4.05. The van der Waals surface area contributed by atoms with E-state index >= 15 is 0 Å². The van der Waals surface area contributed by atoms with Crippen molar-refractivity contribution in [2.45, 2.75) is 26.3 Å². The molecule has 1 atom stereocenters. The Hall–Kier alpha value is -2.04. The van der Waals surface area contributed by atoms with Crippen molar-refractivity contribution < 1.29 is 14.7 Å². The van der Waals surface area contributed by atoms with Crippen LogP contribution in [0.5, 0.6) is 5.75 Å². The molecular formula is C12H16N2O3. The Balaban J connectivity index is 2.70. The first-order chi connectivity index (χ1) is 7.90. The van der Waals surface area contributed by atoms with Gasteiger partial charge in [0, 0.05) is 18.0 Å². The number of nitrogens with one attached hydrogen (secondary N) is 1. The van der Waals surface area contributed by atoms with Gasteiger partial charge in [-0.05, 0) is 31.5 Å². The van der Waals surface area contributed by atoms with E-state index in [9.17, 15) is 14.7 Å². The molecule has 0 bridgehead atoms. The van der Waals surface area contributed by atoms with E-state index in [0.29, 0.717) is 11.1 Å². The third-order valence-electron chi connectivity index (χ3n) is 2.36. The Labute approximate surface area is 99.6 Å². The van der Waals surface area contributed by atoms with Gasteiger partial charge in [0.2, 0.25) is 5.91 Å². The van der Waals surface area contributed by atoms with Gasteiger partial charge in [0.05, 0.1) is 0 Å². The van der Waals surface area contributed by atoms with Crippen LogP contribution in [0.2, 0.25) is 0 Å². The number of carbonyl (C=O) groups excluding carboxylic acids is 2. The van der Waals surface area contributed by atoms with Crippen molar-refractivity contribution in [1.82, 2.24) is 5.32 Å². The minimum Gasteiger partial charge on any atom is -0.508 e. The lowest BCUT2D eigenvalue weighted by molar-refractivity contribution is -0.118. The summed E-state index contributed by atoms with van der Waals surface area (Å²) in [4.78, 5) is 22.4. The first-order valence-electron chi connectivity index (χ1n) is 5.29. The Bertz CT molecular complexity index is 443. The molecule has 0 heterocycles. The number of amides is 2. The number of primary amides is 1. The van der Waals surface area contributed by atoms with Gasteiger partial charge < -0.3 is 16.2 Å². The van der Waals surface area contributed by atoms with Crippen LogP contribution in [0.25, 0.3) is 0 Å². The molecule has 17 heavy (non-hydrogen) atoms. The highest BCUT2D eigenvalue weighted by atomic mass is 16.3. The van der Waals surface area contributed by atoms with Crippen molar-refractivity contribution in [3.05, 3.63) is 29.3 Å². The molecule has 0 aliphatic rings. The van der Waals surface area contributed by atoms with E-state index in [2.05, 4.69) is 5.32 Å². The fourth-order valence-electron chi connectivity index (χ4n) is 1.41. The number of aromatic hydroxyl groups is 1. The molecule has 92 valence electrons. The molecule has 0 saturated heterocycles. The van der Waals surface area contributed by atoms with Crippen molar-refractivity contribution in [1.29, 1.82) is 0 Å². The maximum Gasteiger partial charge on any atom is 0.251 e. The van der Waals surface area contributed by atoms with Gasteiger partial charge in [0.15, 0.2) is 0 Å². The van der Waals surface area contributed by atoms with Gasteiger partial charge in [-0.25, -0.2) is 0 Å². The minimum atomic E-state index is -0.468. The van der Waals surface area contributed by atoms with Gasteiger partial charge in [0.25, 0.3) is 5.91 Å². The molecule has 1 aromatic rings. The summed E-state index contributed by atoms with van der Waals surface area (Å²) in [5, 5.41) is 12.1. The summed E-state index contributed by atoms with van der Waals surface area (Å²) >= 11 is 0. The van der Waals surface area contributed by atoms with Crippen LogP contribution >= 0.6 is 0 Å². The molecule has 0 spiro atoms. The predicted octanol–water partition coefficient (Wildman–Crippen LogP) is 0.694. The third kappa shape index (κ3) is 3.79. The Morgan fingerprint density at radius 1 is 1.47 bits per heavy atom. The number of phenolic OH excluding ortho intramolecular Hbond substituents is 1. The van der Waals surface area contributed by atoms with Crippen LogP contribution < -0.4 is 11.1 Å². The van der Waals surface area contributed by atoms with E-state index in [-0.39, 0.29) is 24.1 Å². The third-order valence-corrected chi connectivity index (χ3v) is 2.36. The van der Waals surface area contributed by atoms with Crippen molar-refractivity contribution >= 4 is 11.8 Å². The molecular weight excluding hydrogens is 220 g/mol. The number of rotatable bonds is 4. The standard InChI is InChI=1S/C12H16N2O3/c1-7-3-4-9(6-10(7)15)12(17)14-8(2)5-11(13)16/h3-4,6,8,15H,5H2,1-2H3,(H2,13,16)(H,14,17). The molecule has 0 saturated carbocycles. The molecule has 1 unspecified atom stereocenters. The lowest BCUT2D eigenvalue weighted by Gasteiger charge is -2.12. The molecule has 2 amide bonds. The maximum absolute atomic E-state index is 11.7. The van der Waals surface area contributed by atoms with Crippen molar-refractivity contribution in [2.75, 3.05) is 0 Å². The average Bonchev–Trinajstić information content (AvgIpc) is 2.20. The summed E-state index contributed by atoms with van der Waals surface area (Å²) < 4.78 is 0. The van der Waals surface area contributed by atoms with Crippen molar-refractivity contribution in [2.24, 2.45) is 5.73 Å². The highest BCUT2D eigenvalue weighted by molar-refractivity contribution is 5.95. The predicted molar refractivity (Wildman–Crippen MR) is 63.6 cm³/mol. The van der Waals surface area contributed by atoms with E-state index < -0.39 is 5.91 Å². The van der Waals surface area contributed by atoms with E-state index in [1.807, 2.05) is 0 Å². The smallest absolute Gasteiger partial charge is 0.251 e. The first-order valence-corrected chi connectivity index (χ1v) is 5.29. The van der Waals surface area contributed by atoms with Gasteiger partial charge in [-0.1, -0.05) is 6.07 Å². The van der Waals surface area contributed by atoms with Crippen molar-refractivity contribution in [3.8, 4) is 5.75 Å². The molecule has 5 heteroatoms. The second-order valence-electron chi connectivity index (χ2n) is 4.05. The summed E-state index contributed by atoms with van der Waals surface area (Å²) in [6.07, 6.45) is 0.0869. The van der Waals surface area contributed by atoms with Crippen LogP contribution in [0.3, 0.4) is 0 Å². The first kappa shape index (κ1) is 13.0. The fraction of sp³-hybridized carbons (Fsp3) is 0.333. The summed E-state index contributed by atoms with van der Waals surface area (Å²) in [5.74, 6) is -0.737. The summed E-state index contributed by atoms with van der Waals surface area (Å²) in [5.41, 5.74) is 6.07. The van der Waals surface area contributed by atoms with Gasteiger partial charge in [0.1, 0.15) is 5.75 Å². The topological polar surface area (TPSA) is 92.4 Å². The van der Waals surface area contributed by atoms with E-state index in [1.54, 1.807) is 26.0 Å². The Kier molecular flexibility index (Phi) is 4.09. The van der Waals surface area contributed by atoms with Crippen molar-refractivity contribution in [3.63, 3.8) is 0 Å². The maximum atomic E-state index is 11.7. The van der Waals surface area contributed by atoms with Crippen LogP contribution in [-0.4, -0.2) is 23.0 Å². The highest BCUT2D eigenvalue weighted by Crippen LogP contribution is 2.17. The summed E-state index contributed by atoms with van der Waals surface area (Å²) in [6.45, 7) is 3.43. The molecule has 1 aromatic carbocycles. The second kappa shape index (κ2) is 5.34. The zero-order chi connectivity index (χ0) is 13.0. The monoisotopic (exact) mass is 236 g/mol. The van der Waals surface area contributed by atoms with Gasteiger partial charge in [-0.15, -0.1) is 0 Å². The van der Waals surface area contributed by atoms with Gasteiger partial charge in [-0.2, -0.15) is 0 Å². The summed E-state index contributed by atoms with van der Waals surface area (Å²) in [7, 11) is 0. The van der Waals surface area contributed by atoms with Crippen LogP contribution in [-0.2, 0) is 4.79 Å². The lowest BCUT2D eigenvalue weighted by Crippen LogP contribution is -2.35. The molecule has 0 aliphatic carbocycles. The van der Waals surface area contributed by atoms with E-state index in [0.717, 1.165) is 0 Å². The zero-order valence-electron chi connectivity index (χ0n) is 9.86. The molecule has 4 N–H and O–H groups in total. The molecule has 1 rings (SSSR count). The van der Waals surface area contributed by atoms with Gasteiger partial charge >= 0.3 is 0 Å². The average molecular weight is 236 g/mol. The Morgan fingerprint density at radius 3 is 2.65 bits per heavy atom. The lowest BCUT2D eigenvalue weighted by atomic mass is 10.1. The zero-order valence-corrected chi connectivity index (χ0v) is 9.86. The molecule has 0 aliphatic heterocycles. The molecule has 5 nitrogen and oxygen atoms in total. The number of hydrogen-bond acceptors (Lipinski definition) is 3. The van der Waals surface area contributed by atoms with E-state index in [1.165, 1.54) is 6.07 Å². The number of nitrogens with two attached hydrogens (primary N) is 1. The minimum absolute atomic E-state index is 0.0696. The van der Waals surface area contributed by atoms with Crippen LogP contribution in [0.15, 0.2) is 18.2 Å². The molecule has 0 aromatic heterocycles. The largest absolute Gasteiger partial charge is 0.508 e. The quantitative estimate of drug-likeness (QED) is 0.718. The summed E-state index contributed by atoms with van der Waals surface area (Å²) in [6, 6.07) is 4.33. The van der Waals surface area contributed by atoms with Crippen LogP contribution in [0, 0.1) is 6.92 Å². The number of hydrogen-bond donors (Lipinski definition) is 3. The van der Waals surface area contributed by atoms with E-state index in [4.69, 9.17) is 5.73 Å². The Morgan fingerprint density at radius 2 is 2.12 bits per heavy atom. The number of aryl methyl sites for hydroxylation is 1. The number of carbonyl (C=O) groups is 2. The highest BCUT2D eigenvalue weighted by Gasteiger charge is 2.12. The van der Waals surface area contributed by atoms with Crippen LogP contribution in [0.4, 0.5) is 0 Å². The SMILES string of the molecule is Cc1ccc(C(=O)NC(C)CC(N)=O)cc1O. The number of benzene rings is 1. The van der Waals surface area contributed by atoms with Crippen LogP contribution in [0.1, 0.15) is 29.3 Å². The molecule has 0 fully saturated rings. The number of phenols is 1. The fourth-order valence-corrected chi connectivity index (χ4v) is 1.41. The normalized spacial score (nSPS) is 11.9.